The smallest absolute Gasteiger partial charge is 0.184 e. The van der Waals surface area contributed by atoms with E-state index in [0.717, 1.165) is 24.2 Å². The number of ether oxygens (including phenoxy) is 2. The van der Waals surface area contributed by atoms with Gasteiger partial charge in [0.25, 0.3) is 0 Å². The van der Waals surface area contributed by atoms with E-state index in [-0.39, 0.29) is 0 Å². The second-order valence-electron chi connectivity index (χ2n) is 4.32. The highest BCUT2D eigenvalue weighted by Crippen LogP contribution is 2.29. The van der Waals surface area contributed by atoms with E-state index in [4.69, 9.17) is 15.2 Å². The lowest BCUT2D eigenvalue weighted by Gasteiger charge is -2.12. The Morgan fingerprint density at radius 3 is 2.75 bits per heavy atom. The van der Waals surface area contributed by atoms with Gasteiger partial charge in [-0.15, -0.1) is 5.10 Å². The van der Waals surface area contributed by atoms with Gasteiger partial charge in [-0.2, -0.15) is 0 Å². The molecule has 0 fully saturated rings. The zero-order chi connectivity index (χ0) is 14.5. The quantitative estimate of drug-likeness (QED) is 0.855. The third-order valence-electron chi connectivity index (χ3n) is 3.02. The van der Waals surface area contributed by atoms with Crippen LogP contribution in [0.2, 0.25) is 0 Å². The van der Waals surface area contributed by atoms with Gasteiger partial charge in [-0.3, -0.25) is 4.98 Å². The fraction of sp³-hybridized carbons (Fsp3) is 0.462. The molecule has 2 N–H and O–H groups in total. The third-order valence-corrected chi connectivity index (χ3v) is 3.02. The first-order valence-electron chi connectivity index (χ1n) is 6.44. The SMILES string of the molecule is CCCc1c(N)nnn1Cc1nccc(OC)c1OC. The zero-order valence-corrected chi connectivity index (χ0v) is 12.0. The van der Waals surface area contributed by atoms with Gasteiger partial charge in [-0.25, -0.2) is 4.68 Å². The van der Waals surface area contributed by atoms with Crippen molar-refractivity contribution in [3.63, 3.8) is 0 Å². The summed E-state index contributed by atoms with van der Waals surface area (Å²) in [6.07, 6.45) is 3.47. The lowest BCUT2D eigenvalue weighted by atomic mass is 10.2. The first kappa shape index (κ1) is 14.1. The molecule has 7 nitrogen and oxygen atoms in total. The van der Waals surface area contributed by atoms with Crippen LogP contribution >= 0.6 is 0 Å². The van der Waals surface area contributed by atoms with E-state index in [1.54, 1.807) is 31.2 Å². The average Bonchev–Trinajstić information content (AvgIpc) is 2.80. The first-order valence-corrected chi connectivity index (χ1v) is 6.44. The Balaban J connectivity index is 2.35. The molecule has 0 spiro atoms. The van der Waals surface area contributed by atoms with Gasteiger partial charge in [-0.05, 0) is 6.42 Å². The van der Waals surface area contributed by atoms with Crippen molar-refractivity contribution < 1.29 is 9.47 Å². The van der Waals surface area contributed by atoms with Gasteiger partial charge in [0.15, 0.2) is 17.3 Å². The minimum absolute atomic E-state index is 0.444. The van der Waals surface area contributed by atoms with Crippen LogP contribution < -0.4 is 15.2 Å². The largest absolute Gasteiger partial charge is 0.493 e. The molecule has 20 heavy (non-hydrogen) atoms. The molecule has 108 valence electrons. The molecule has 2 heterocycles. The predicted molar refractivity (Wildman–Crippen MR) is 74.9 cm³/mol. The Kier molecular flexibility index (Phi) is 4.39. The van der Waals surface area contributed by atoms with Gasteiger partial charge >= 0.3 is 0 Å². The fourth-order valence-electron chi connectivity index (χ4n) is 2.07. The Hall–Kier alpha value is -2.31. The summed E-state index contributed by atoms with van der Waals surface area (Å²) in [5.74, 6) is 1.71. The summed E-state index contributed by atoms with van der Waals surface area (Å²) in [6, 6.07) is 1.75. The summed E-state index contributed by atoms with van der Waals surface area (Å²) in [6.45, 7) is 2.53. The number of methoxy groups -OCH3 is 2. The molecule has 0 aliphatic carbocycles. The molecule has 2 aromatic rings. The van der Waals surface area contributed by atoms with Crippen molar-refractivity contribution in [3.8, 4) is 11.5 Å². The number of anilines is 1. The van der Waals surface area contributed by atoms with Crippen molar-refractivity contribution in [1.82, 2.24) is 20.0 Å². The molecule has 0 aliphatic rings. The van der Waals surface area contributed by atoms with Crippen molar-refractivity contribution in [2.45, 2.75) is 26.3 Å². The molecule has 0 bridgehead atoms. The lowest BCUT2D eigenvalue weighted by molar-refractivity contribution is 0.347. The second-order valence-corrected chi connectivity index (χ2v) is 4.32. The van der Waals surface area contributed by atoms with Crippen LogP contribution in [0.5, 0.6) is 11.5 Å². The molecule has 0 saturated heterocycles. The topological polar surface area (TPSA) is 88.1 Å². The van der Waals surface area contributed by atoms with Crippen LogP contribution in [0.15, 0.2) is 12.3 Å². The molecule has 0 aliphatic heterocycles. The van der Waals surface area contributed by atoms with E-state index in [1.165, 1.54) is 0 Å². The van der Waals surface area contributed by atoms with Crippen molar-refractivity contribution in [1.29, 1.82) is 0 Å². The van der Waals surface area contributed by atoms with E-state index >= 15 is 0 Å². The third kappa shape index (κ3) is 2.66. The zero-order valence-electron chi connectivity index (χ0n) is 12.0. The number of aromatic nitrogens is 4. The van der Waals surface area contributed by atoms with Gasteiger partial charge in [0.2, 0.25) is 0 Å². The Labute approximate surface area is 117 Å². The van der Waals surface area contributed by atoms with Crippen LogP contribution in [0.1, 0.15) is 24.7 Å². The average molecular weight is 277 g/mol. The van der Waals surface area contributed by atoms with E-state index in [0.29, 0.717) is 23.9 Å². The van der Waals surface area contributed by atoms with E-state index in [2.05, 4.69) is 22.2 Å². The number of pyridine rings is 1. The summed E-state index contributed by atoms with van der Waals surface area (Å²) in [4.78, 5) is 4.33. The lowest BCUT2D eigenvalue weighted by Crippen LogP contribution is -2.10. The van der Waals surface area contributed by atoms with Crippen LogP contribution in [0, 0.1) is 0 Å². The maximum atomic E-state index is 5.84. The highest BCUT2D eigenvalue weighted by Gasteiger charge is 2.15. The standard InChI is InChI=1S/C13H19N5O2/c1-4-5-10-13(14)16-17-18(10)8-9-12(20-3)11(19-2)6-7-15-9/h6-7H,4-5,8,14H2,1-3H3. The minimum Gasteiger partial charge on any atom is -0.493 e. The number of nitrogen functional groups attached to an aromatic ring is 1. The van der Waals surface area contributed by atoms with Crippen LogP contribution in [-0.2, 0) is 13.0 Å². The first-order chi connectivity index (χ1) is 9.71. The van der Waals surface area contributed by atoms with E-state index in [1.807, 2.05) is 0 Å². The second kappa shape index (κ2) is 6.23. The molecule has 2 rings (SSSR count). The molecule has 0 unspecified atom stereocenters. The van der Waals surface area contributed by atoms with Crippen LogP contribution in [-0.4, -0.2) is 34.2 Å². The monoisotopic (exact) mass is 277 g/mol. The van der Waals surface area contributed by atoms with Crippen LogP contribution in [0.3, 0.4) is 0 Å². The van der Waals surface area contributed by atoms with Gasteiger partial charge in [0.05, 0.1) is 26.5 Å². The molecule has 0 radical (unpaired) electrons. The van der Waals surface area contributed by atoms with Gasteiger partial charge in [0, 0.05) is 12.3 Å². The normalized spacial score (nSPS) is 10.6. The molecule has 0 aromatic carbocycles. The number of nitrogens with two attached hydrogens (primary N) is 1. The van der Waals surface area contributed by atoms with Crippen molar-refractivity contribution in [2.24, 2.45) is 0 Å². The summed E-state index contributed by atoms with van der Waals surface area (Å²) in [7, 11) is 3.18. The molecule has 7 heteroatoms. The summed E-state index contributed by atoms with van der Waals surface area (Å²) in [5.41, 5.74) is 7.48. The Morgan fingerprint density at radius 2 is 2.10 bits per heavy atom. The van der Waals surface area contributed by atoms with Gasteiger partial charge < -0.3 is 15.2 Å². The molecule has 0 saturated carbocycles. The highest BCUT2D eigenvalue weighted by molar-refractivity contribution is 5.43. The molecule has 0 amide bonds. The maximum absolute atomic E-state index is 5.84. The number of nitrogens with zero attached hydrogens (tertiary/aromatic N) is 4. The van der Waals surface area contributed by atoms with Gasteiger partial charge in [0.1, 0.15) is 5.69 Å². The van der Waals surface area contributed by atoms with Crippen molar-refractivity contribution in [2.75, 3.05) is 20.0 Å². The number of hydrogen-bond acceptors (Lipinski definition) is 6. The number of rotatable bonds is 6. The Morgan fingerprint density at radius 1 is 1.30 bits per heavy atom. The van der Waals surface area contributed by atoms with E-state index in [9.17, 15) is 0 Å². The van der Waals surface area contributed by atoms with Gasteiger partial charge in [-0.1, -0.05) is 18.6 Å². The molecular weight excluding hydrogens is 258 g/mol. The number of hydrogen-bond donors (Lipinski definition) is 1. The summed E-state index contributed by atoms with van der Waals surface area (Å²) >= 11 is 0. The summed E-state index contributed by atoms with van der Waals surface area (Å²) in [5, 5.41) is 7.99. The van der Waals surface area contributed by atoms with Crippen LogP contribution in [0.4, 0.5) is 5.82 Å². The fourth-order valence-corrected chi connectivity index (χ4v) is 2.07. The van der Waals surface area contributed by atoms with E-state index < -0.39 is 0 Å². The molecule has 2 aromatic heterocycles. The van der Waals surface area contributed by atoms with Crippen LogP contribution in [0.25, 0.3) is 0 Å². The predicted octanol–water partition coefficient (Wildman–Crippen LogP) is 1.27. The Bertz CT molecular complexity index is 582. The molecular formula is C13H19N5O2. The summed E-state index contributed by atoms with van der Waals surface area (Å²) < 4.78 is 12.4. The highest BCUT2D eigenvalue weighted by atomic mass is 16.5. The minimum atomic E-state index is 0.444. The van der Waals surface area contributed by atoms with Crippen molar-refractivity contribution >= 4 is 5.82 Å². The molecule has 0 atom stereocenters. The van der Waals surface area contributed by atoms with Crippen molar-refractivity contribution in [3.05, 3.63) is 23.7 Å². The maximum Gasteiger partial charge on any atom is 0.184 e.